The molecular weight excluding hydrogens is 266 g/mol. The van der Waals surface area contributed by atoms with Crippen molar-refractivity contribution in [1.82, 2.24) is 0 Å². The Hall–Kier alpha value is -2.34. The third kappa shape index (κ3) is 3.11. The minimum absolute atomic E-state index is 0.123. The van der Waals surface area contributed by atoms with Gasteiger partial charge in [-0.3, -0.25) is 4.79 Å². The smallest absolute Gasteiger partial charge is 0.349 e. The van der Waals surface area contributed by atoms with Gasteiger partial charge in [0.25, 0.3) is 0 Å². The molecule has 19 heavy (non-hydrogen) atoms. The lowest BCUT2D eigenvalue weighted by Crippen LogP contribution is -2.07. The van der Waals surface area contributed by atoms with Crippen molar-refractivity contribution >= 4 is 28.9 Å². The molecule has 5 nitrogen and oxygen atoms in total. The number of carbonyl (C=O) groups excluding carboxylic acids is 1. The molecule has 1 heterocycles. The fraction of sp³-hybridized carbons (Fsp3) is 0.0769. The van der Waals surface area contributed by atoms with Crippen molar-refractivity contribution in [2.75, 3.05) is 5.32 Å². The monoisotopic (exact) mass is 277 g/mol. The summed E-state index contributed by atoms with van der Waals surface area (Å²) in [4.78, 5) is 22.2. The number of carboxylic acid groups (broad SMARTS) is 1. The molecule has 0 saturated heterocycles. The number of anilines is 1. The van der Waals surface area contributed by atoms with Crippen molar-refractivity contribution in [1.29, 1.82) is 0 Å². The fourth-order valence-electron chi connectivity index (χ4n) is 1.50. The number of nitrogens with one attached hydrogen (secondary N) is 1. The highest BCUT2D eigenvalue weighted by atomic mass is 32.1. The van der Waals surface area contributed by atoms with Gasteiger partial charge in [-0.25, -0.2) is 4.79 Å². The molecule has 98 valence electrons. The van der Waals surface area contributed by atoms with Crippen molar-refractivity contribution in [3.63, 3.8) is 0 Å². The Labute approximate surface area is 113 Å². The van der Waals surface area contributed by atoms with E-state index in [4.69, 9.17) is 9.84 Å². The van der Waals surface area contributed by atoms with Crippen LogP contribution in [0.2, 0.25) is 0 Å². The predicted octanol–water partition coefficient (Wildman–Crippen LogP) is 3.20. The average molecular weight is 277 g/mol. The number of aromatic carboxylic acids is 1. The number of amides is 1. The first-order valence-electron chi connectivity index (χ1n) is 5.43. The summed E-state index contributed by atoms with van der Waals surface area (Å²) in [6, 6.07) is 8.42. The van der Waals surface area contributed by atoms with Crippen LogP contribution in [0.3, 0.4) is 0 Å². The number of rotatable bonds is 4. The molecule has 0 radical (unpaired) electrons. The summed E-state index contributed by atoms with van der Waals surface area (Å²) in [5.74, 6) is -0.601. The number of hydrogen-bond acceptors (Lipinski definition) is 4. The second-order valence-corrected chi connectivity index (χ2v) is 4.61. The molecule has 0 bridgehead atoms. The first kappa shape index (κ1) is 13.1. The summed E-state index contributed by atoms with van der Waals surface area (Å²) in [5.41, 5.74) is 0.498. The van der Waals surface area contributed by atoms with Crippen molar-refractivity contribution < 1.29 is 19.4 Å². The summed E-state index contributed by atoms with van der Waals surface area (Å²) in [5, 5.41) is 13.3. The summed E-state index contributed by atoms with van der Waals surface area (Å²) in [7, 11) is 0. The highest BCUT2D eigenvalue weighted by molar-refractivity contribution is 7.12. The molecule has 1 amide bonds. The average Bonchev–Trinajstić information content (AvgIpc) is 2.79. The second-order valence-electron chi connectivity index (χ2n) is 3.70. The lowest BCUT2D eigenvalue weighted by molar-refractivity contribution is -0.114. The molecule has 0 aliphatic heterocycles. The quantitative estimate of drug-likeness (QED) is 0.899. The van der Waals surface area contributed by atoms with Gasteiger partial charge >= 0.3 is 5.97 Å². The van der Waals surface area contributed by atoms with E-state index in [9.17, 15) is 9.59 Å². The van der Waals surface area contributed by atoms with Crippen LogP contribution in [-0.2, 0) is 4.79 Å². The number of hydrogen-bond donors (Lipinski definition) is 2. The van der Waals surface area contributed by atoms with Crippen LogP contribution in [0.1, 0.15) is 16.6 Å². The molecule has 0 unspecified atom stereocenters. The number of para-hydroxylation sites is 2. The van der Waals surface area contributed by atoms with E-state index in [-0.39, 0.29) is 16.5 Å². The fourth-order valence-corrected chi connectivity index (χ4v) is 2.16. The summed E-state index contributed by atoms with van der Waals surface area (Å²) >= 11 is 1.08. The zero-order valence-electron chi connectivity index (χ0n) is 10.0. The number of carbonyl (C=O) groups is 2. The molecule has 2 N–H and O–H groups in total. The van der Waals surface area contributed by atoms with Gasteiger partial charge in [0.05, 0.1) is 5.69 Å². The summed E-state index contributed by atoms with van der Waals surface area (Å²) in [6.07, 6.45) is 0. The number of carboxylic acids is 1. The van der Waals surface area contributed by atoms with Crippen molar-refractivity contribution in [3.8, 4) is 11.5 Å². The minimum Gasteiger partial charge on any atom is -0.477 e. The Morgan fingerprint density at radius 1 is 1.21 bits per heavy atom. The standard InChI is InChI=1S/C13H11NO4S/c1-8(15)14-9-4-2-3-5-10(9)18-11-6-7-19-12(11)13(16)17/h2-7H,1H3,(H,14,15)(H,16,17). The van der Waals surface area contributed by atoms with Crippen molar-refractivity contribution in [2.45, 2.75) is 6.92 Å². The maximum atomic E-state index is 11.1. The van der Waals surface area contributed by atoms with Crippen LogP contribution in [-0.4, -0.2) is 17.0 Å². The third-order valence-electron chi connectivity index (χ3n) is 2.24. The highest BCUT2D eigenvalue weighted by Gasteiger charge is 2.15. The normalized spacial score (nSPS) is 9.95. The van der Waals surface area contributed by atoms with Gasteiger partial charge in [-0.2, -0.15) is 0 Å². The number of ether oxygens (including phenoxy) is 1. The second kappa shape index (κ2) is 5.53. The summed E-state index contributed by atoms with van der Waals surface area (Å²) < 4.78 is 5.56. The molecule has 2 rings (SSSR count). The van der Waals surface area contributed by atoms with Gasteiger partial charge in [0.15, 0.2) is 16.4 Å². The zero-order valence-corrected chi connectivity index (χ0v) is 10.9. The number of thiophene rings is 1. The Kier molecular flexibility index (Phi) is 3.82. The Balaban J connectivity index is 2.30. The molecule has 0 aliphatic rings. The largest absolute Gasteiger partial charge is 0.477 e. The molecule has 0 atom stereocenters. The van der Waals surface area contributed by atoms with Crippen LogP contribution in [0.4, 0.5) is 5.69 Å². The van der Waals surface area contributed by atoms with Crippen LogP contribution in [0.25, 0.3) is 0 Å². The van der Waals surface area contributed by atoms with Crippen LogP contribution in [0.5, 0.6) is 11.5 Å². The van der Waals surface area contributed by atoms with E-state index in [0.717, 1.165) is 11.3 Å². The topological polar surface area (TPSA) is 75.6 Å². The van der Waals surface area contributed by atoms with Crippen LogP contribution in [0, 0.1) is 0 Å². The van der Waals surface area contributed by atoms with E-state index in [2.05, 4.69) is 5.32 Å². The van der Waals surface area contributed by atoms with Gasteiger partial charge in [0.2, 0.25) is 5.91 Å². The zero-order chi connectivity index (χ0) is 13.8. The van der Waals surface area contributed by atoms with Gasteiger partial charge in [-0.05, 0) is 23.6 Å². The van der Waals surface area contributed by atoms with Crippen molar-refractivity contribution in [2.24, 2.45) is 0 Å². The third-order valence-corrected chi connectivity index (χ3v) is 3.12. The van der Waals surface area contributed by atoms with Gasteiger partial charge < -0.3 is 15.2 Å². The van der Waals surface area contributed by atoms with E-state index < -0.39 is 5.97 Å². The first-order valence-corrected chi connectivity index (χ1v) is 6.31. The SMILES string of the molecule is CC(=O)Nc1ccccc1Oc1ccsc1C(=O)O. The molecular formula is C13H11NO4S. The molecule has 2 aromatic rings. The van der Waals surface area contributed by atoms with Crippen LogP contribution in [0.15, 0.2) is 35.7 Å². The molecule has 0 fully saturated rings. The maximum absolute atomic E-state index is 11.1. The van der Waals surface area contributed by atoms with E-state index in [1.54, 1.807) is 35.7 Å². The maximum Gasteiger partial charge on any atom is 0.349 e. The molecule has 0 saturated carbocycles. The Morgan fingerprint density at radius 3 is 2.63 bits per heavy atom. The lowest BCUT2D eigenvalue weighted by atomic mass is 10.3. The van der Waals surface area contributed by atoms with E-state index in [1.165, 1.54) is 6.92 Å². The van der Waals surface area contributed by atoms with Gasteiger partial charge in [-0.1, -0.05) is 12.1 Å². The molecule has 1 aromatic heterocycles. The molecule has 6 heteroatoms. The lowest BCUT2D eigenvalue weighted by Gasteiger charge is -2.10. The van der Waals surface area contributed by atoms with Crippen LogP contribution < -0.4 is 10.1 Å². The van der Waals surface area contributed by atoms with E-state index in [0.29, 0.717) is 11.4 Å². The van der Waals surface area contributed by atoms with Gasteiger partial charge in [-0.15, -0.1) is 11.3 Å². The predicted molar refractivity (Wildman–Crippen MR) is 72.1 cm³/mol. The minimum atomic E-state index is -1.04. The molecule has 0 aliphatic carbocycles. The van der Waals surface area contributed by atoms with Crippen molar-refractivity contribution in [3.05, 3.63) is 40.6 Å². The van der Waals surface area contributed by atoms with Gasteiger partial charge in [0, 0.05) is 6.92 Å². The number of benzene rings is 1. The van der Waals surface area contributed by atoms with Crippen LogP contribution >= 0.6 is 11.3 Å². The van der Waals surface area contributed by atoms with E-state index >= 15 is 0 Å². The Bertz CT molecular complexity index is 621. The van der Waals surface area contributed by atoms with E-state index in [1.807, 2.05) is 0 Å². The Morgan fingerprint density at radius 2 is 1.95 bits per heavy atom. The molecule has 1 aromatic carbocycles. The molecule has 0 spiro atoms. The van der Waals surface area contributed by atoms with Gasteiger partial charge in [0.1, 0.15) is 0 Å². The first-order chi connectivity index (χ1) is 9.08. The summed E-state index contributed by atoms with van der Waals surface area (Å²) in [6.45, 7) is 1.39. The highest BCUT2D eigenvalue weighted by Crippen LogP contribution is 2.33.